The van der Waals surface area contributed by atoms with Crippen LogP contribution in [0.15, 0.2) is 11.8 Å². The first-order chi connectivity index (χ1) is 10.7. The summed E-state index contributed by atoms with van der Waals surface area (Å²) in [5, 5.41) is 43.7. The zero-order valence-electron chi connectivity index (χ0n) is 12.7. The summed E-state index contributed by atoms with van der Waals surface area (Å²) < 4.78 is 0. The Hall–Kier alpha value is -2.38. The van der Waals surface area contributed by atoms with Crippen molar-refractivity contribution in [3.8, 4) is 11.5 Å². The number of phenols is 2. The Labute approximate surface area is 131 Å². The molecule has 7 nitrogen and oxygen atoms in total. The lowest BCUT2D eigenvalue weighted by molar-refractivity contribution is -0.0668. The van der Waals surface area contributed by atoms with Crippen LogP contribution in [0.2, 0.25) is 0 Å². The van der Waals surface area contributed by atoms with Gasteiger partial charge in [-0.15, -0.1) is 0 Å². The summed E-state index contributed by atoms with van der Waals surface area (Å²) in [7, 11) is 1.47. The number of hydrogen-bond donors (Lipinski definition) is 5. The van der Waals surface area contributed by atoms with Crippen molar-refractivity contribution < 1.29 is 30.0 Å². The third kappa shape index (κ3) is 2.04. The van der Waals surface area contributed by atoms with Gasteiger partial charge in [-0.1, -0.05) is 0 Å². The summed E-state index contributed by atoms with van der Waals surface area (Å²) in [4.78, 5) is 24.6. The number of aliphatic hydroxyl groups is 2. The van der Waals surface area contributed by atoms with Crippen molar-refractivity contribution in [2.24, 2.45) is 0 Å². The lowest BCUT2D eigenvalue weighted by Crippen LogP contribution is -2.46. The van der Waals surface area contributed by atoms with Gasteiger partial charge in [0, 0.05) is 37.1 Å². The molecule has 2 aliphatic rings. The molecular formula is C16H17NO6. The van der Waals surface area contributed by atoms with E-state index in [-0.39, 0.29) is 40.8 Å². The molecular weight excluding hydrogens is 302 g/mol. The molecule has 0 aromatic heterocycles. The van der Waals surface area contributed by atoms with E-state index in [1.165, 1.54) is 14.0 Å². The van der Waals surface area contributed by atoms with Crippen LogP contribution in [0.1, 0.15) is 38.8 Å². The number of aliphatic hydroxyl groups excluding tert-OH is 1. The molecule has 0 radical (unpaired) electrons. The third-order valence-corrected chi connectivity index (χ3v) is 4.57. The van der Waals surface area contributed by atoms with Gasteiger partial charge in [-0.2, -0.15) is 0 Å². The van der Waals surface area contributed by atoms with E-state index >= 15 is 0 Å². The van der Waals surface area contributed by atoms with E-state index in [1.807, 2.05) is 0 Å². The average Bonchev–Trinajstić information content (AvgIpc) is 2.48. The minimum absolute atomic E-state index is 0.0137. The van der Waals surface area contributed by atoms with E-state index < -0.39 is 34.8 Å². The van der Waals surface area contributed by atoms with Crippen molar-refractivity contribution in [3.63, 3.8) is 0 Å². The van der Waals surface area contributed by atoms with Gasteiger partial charge in [0.15, 0.2) is 5.78 Å². The Kier molecular flexibility index (Phi) is 3.24. The fourth-order valence-electron chi connectivity index (χ4n) is 3.17. The van der Waals surface area contributed by atoms with Crippen LogP contribution in [0, 0.1) is 0 Å². The molecule has 23 heavy (non-hydrogen) atoms. The van der Waals surface area contributed by atoms with Gasteiger partial charge in [-0.05, 0) is 6.92 Å². The van der Waals surface area contributed by atoms with E-state index in [0.29, 0.717) is 0 Å². The number of nitrogens with one attached hydrogen (secondary N) is 1. The smallest absolute Gasteiger partial charge is 0.213 e. The van der Waals surface area contributed by atoms with Gasteiger partial charge < -0.3 is 25.7 Å². The molecule has 0 spiro atoms. The second-order valence-electron chi connectivity index (χ2n) is 6.16. The number of carbonyl (C=O) groups excluding carboxylic acids is 2. The van der Waals surface area contributed by atoms with Crippen molar-refractivity contribution in [2.75, 3.05) is 7.05 Å². The fraction of sp³-hybridized carbons (Fsp3) is 0.375. The lowest BCUT2D eigenvalue weighted by atomic mass is 9.75. The molecule has 5 N–H and O–H groups in total. The van der Waals surface area contributed by atoms with Crippen LogP contribution in [0.3, 0.4) is 0 Å². The molecule has 2 aliphatic carbocycles. The van der Waals surface area contributed by atoms with Crippen molar-refractivity contribution in [2.45, 2.75) is 31.5 Å². The quantitative estimate of drug-likeness (QED) is 0.453. The number of likely N-dealkylation sites (N-methyl/N-ethyl adjacent to an activating group) is 1. The Morgan fingerprint density at radius 2 is 1.78 bits per heavy atom. The molecule has 0 heterocycles. The average molecular weight is 319 g/mol. The lowest BCUT2D eigenvalue weighted by Gasteiger charge is -2.36. The van der Waals surface area contributed by atoms with Crippen molar-refractivity contribution in [3.05, 3.63) is 34.0 Å². The van der Waals surface area contributed by atoms with Gasteiger partial charge in [0.05, 0.1) is 28.5 Å². The largest absolute Gasteiger partial charge is 0.507 e. The number of allylic oxidation sites excluding steroid dienone is 2. The molecule has 1 aromatic carbocycles. The maximum atomic E-state index is 12.4. The minimum Gasteiger partial charge on any atom is -0.507 e. The van der Waals surface area contributed by atoms with Gasteiger partial charge in [0.2, 0.25) is 5.78 Å². The van der Waals surface area contributed by atoms with Crippen LogP contribution in [-0.2, 0) is 12.8 Å². The maximum Gasteiger partial charge on any atom is 0.213 e. The van der Waals surface area contributed by atoms with E-state index in [0.717, 1.165) is 6.08 Å². The van der Waals surface area contributed by atoms with E-state index in [2.05, 4.69) is 5.32 Å². The first kappa shape index (κ1) is 15.5. The zero-order chi connectivity index (χ0) is 17.1. The molecule has 0 unspecified atom stereocenters. The molecule has 0 saturated carbocycles. The number of hydrogen-bond acceptors (Lipinski definition) is 7. The van der Waals surface area contributed by atoms with Gasteiger partial charge in [0.1, 0.15) is 11.5 Å². The minimum atomic E-state index is -1.51. The normalized spacial score (nSPS) is 26.4. The molecule has 0 fully saturated rings. The highest BCUT2D eigenvalue weighted by Crippen LogP contribution is 2.45. The predicted molar refractivity (Wildman–Crippen MR) is 79.6 cm³/mol. The highest BCUT2D eigenvalue weighted by molar-refractivity contribution is 6.26. The first-order valence-corrected chi connectivity index (χ1v) is 7.17. The van der Waals surface area contributed by atoms with Gasteiger partial charge in [-0.25, -0.2) is 0 Å². The van der Waals surface area contributed by atoms with Crippen LogP contribution in [0.5, 0.6) is 11.5 Å². The van der Waals surface area contributed by atoms with Gasteiger partial charge in [-0.3, -0.25) is 9.59 Å². The van der Waals surface area contributed by atoms with Crippen LogP contribution in [-0.4, -0.2) is 50.7 Å². The number of Topliss-reactive ketones (excluding diaryl/α,β-unsaturated/α-hetero) is 1. The van der Waals surface area contributed by atoms with Crippen molar-refractivity contribution in [1.29, 1.82) is 0 Å². The zero-order valence-corrected chi connectivity index (χ0v) is 12.7. The number of carbonyl (C=O) groups is 2. The van der Waals surface area contributed by atoms with Crippen LogP contribution in [0.25, 0.3) is 0 Å². The second kappa shape index (κ2) is 4.81. The van der Waals surface area contributed by atoms with E-state index in [9.17, 15) is 30.0 Å². The molecule has 7 heteroatoms. The first-order valence-electron chi connectivity index (χ1n) is 7.17. The number of fused-ring (bicyclic) bond motifs is 2. The van der Waals surface area contributed by atoms with Crippen LogP contribution >= 0.6 is 0 Å². The number of ketones is 2. The summed E-state index contributed by atoms with van der Waals surface area (Å²) in [6.45, 7) is 1.41. The fourth-order valence-corrected chi connectivity index (χ4v) is 3.17. The molecule has 0 saturated heterocycles. The van der Waals surface area contributed by atoms with Crippen LogP contribution < -0.4 is 5.32 Å². The summed E-state index contributed by atoms with van der Waals surface area (Å²) in [6, 6.07) is 0. The summed E-state index contributed by atoms with van der Waals surface area (Å²) in [5.74, 6) is -2.07. The van der Waals surface area contributed by atoms with Gasteiger partial charge >= 0.3 is 0 Å². The second-order valence-corrected chi connectivity index (χ2v) is 6.16. The Morgan fingerprint density at radius 1 is 1.17 bits per heavy atom. The summed E-state index contributed by atoms with van der Waals surface area (Å²) >= 11 is 0. The van der Waals surface area contributed by atoms with Gasteiger partial charge in [0.25, 0.3) is 0 Å². The monoisotopic (exact) mass is 319 g/mol. The molecule has 122 valence electrons. The number of aromatic hydroxyl groups is 2. The Bertz CT molecular complexity index is 778. The van der Waals surface area contributed by atoms with Crippen molar-refractivity contribution >= 4 is 11.6 Å². The molecule has 0 aliphatic heterocycles. The molecule has 0 bridgehead atoms. The third-order valence-electron chi connectivity index (χ3n) is 4.57. The topological polar surface area (TPSA) is 127 Å². The molecule has 2 atom stereocenters. The maximum absolute atomic E-state index is 12.4. The van der Waals surface area contributed by atoms with E-state index in [4.69, 9.17) is 0 Å². The number of benzene rings is 1. The predicted octanol–water partition coefficient (Wildman–Crippen LogP) is -0.209. The summed E-state index contributed by atoms with van der Waals surface area (Å²) in [6.07, 6.45) is -0.364. The van der Waals surface area contributed by atoms with Crippen molar-refractivity contribution in [1.82, 2.24) is 5.32 Å². The van der Waals surface area contributed by atoms with Crippen LogP contribution in [0.4, 0.5) is 0 Å². The summed E-state index contributed by atoms with van der Waals surface area (Å²) in [5.41, 5.74) is -1.67. The Balaban J connectivity index is 2.31. The molecule has 1 aromatic rings. The highest BCUT2D eigenvalue weighted by Gasteiger charge is 2.42. The van der Waals surface area contributed by atoms with E-state index in [1.54, 1.807) is 0 Å². The number of rotatable bonds is 1. The Morgan fingerprint density at radius 3 is 2.39 bits per heavy atom. The SMILES string of the molecule is CNC1=CC(=O)c2c(O)c3c(c(O)c2C1=O)C[C@](C)(O)[C@H](O)C3. The molecule has 0 amide bonds. The standard InChI is InChI=1S/C16H17NO6/c1-16(23)5-7-6(3-10(16)19)13(20)11-9(18)4-8(17-2)15(22)12(11)14(7)21/h4,10,17,19-21,23H,3,5H2,1-2H3/t10-,16+/m1/s1. The molecule has 3 rings (SSSR count). The number of phenolic OH excluding ortho intramolecular Hbond substituents is 2. The highest BCUT2D eigenvalue weighted by atomic mass is 16.3.